The summed E-state index contributed by atoms with van der Waals surface area (Å²) in [5.74, 6) is 0.497. The number of aromatic nitrogens is 2. The Morgan fingerprint density at radius 2 is 1.88 bits per heavy atom. The Morgan fingerprint density at radius 1 is 1.12 bits per heavy atom. The van der Waals surface area contributed by atoms with Gasteiger partial charge in [-0.05, 0) is 49.6 Å². The van der Waals surface area contributed by atoms with Crippen LogP contribution in [0.1, 0.15) is 36.5 Å². The highest BCUT2D eigenvalue weighted by Gasteiger charge is 2.16. The minimum Gasteiger partial charge on any atom is -0.482 e. The Balaban J connectivity index is 1.88. The van der Waals surface area contributed by atoms with Gasteiger partial charge in [0.05, 0.1) is 5.69 Å². The van der Waals surface area contributed by atoms with Crippen LogP contribution < -0.4 is 9.64 Å². The molecule has 0 saturated carbocycles. The number of aliphatic carboxylic acids is 1. The van der Waals surface area contributed by atoms with E-state index in [0.29, 0.717) is 17.3 Å². The molecule has 32 heavy (non-hydrogen) atoms. The van der Waals surface area contributed by atoms with E-state index in [1.807, 2.05) is 56.3 Å². The molecular weight excluding hydrogens is 426 g/mol. The number of hydrogen-bond donors (Lipinski definition) is 1. The maximum atomic E-state index is 10.8. The molecule has 0 saturated heterocycles. The fraction of sp³-hybridized carbons (Fsp3) is 0.320. The number of halogens is 1. The first kappa shape index (κ1) is 23.5. The third-order valence-electron chi connectivity index (χ3n) is 5.22. The highest BCUT2D eigenvalue weighted by atomic mass is 35.5. The van der Waals surface area contributed by atoms with Crippen molar-refractivity contribution in [3.8, 4) is 17.0 Å². The van der Waals surface area contributed by atoms with Crippen LogP contribution in [0.2, 0.25) is 5.02 Å². The minimum atomic E-state index is -0.991. The second-order valence-corrected chi connectivity index (χ2v) is 8.17. The zero-order valence-electron chi connectivity index (χ0n) is 18.6. The average molecular weight is 454 g/mol. The molecule has 0 aliphatic rings. The number of anilines is 1. The third kappa shape index (κ3) is 5.98. The highest BCUT2D eigenvalue weighted by molar-refractivity contribution is 6.30. The minimum absolute atomic E-state index is 0.351. The SMILES string of the molecule is CCCCN(Cc1ccc(OCC(=O)O)c(C)c1)c1ncnc(-c2ccc(Cl)cc2)c1C. The van der Waals surface area contributed by atoms with Crippen molar-refractivity contribution in [3.63, 3.8) is 0 Å². The molecule has 1 heterocycles. The lowest BCUT2D eigenvalue weighted by molar-refractivity contribution is -0.139. The third-order valence-corrected chi connectivity index (χ3v) is 5.47. The molecule has 1 aromatic heterocycles. The van der Waals surface area contributed by atoms with Gasteiger partial charge in [-0.2, -0.15) is 0 Å². The van der Waals surface area contributed by atoms with E-state index in [9.17, 15) is 4.79 Å². The van der Waals surface area contributed by atoms with Crippen LogP contribution in [0.15, 0.2) is 48.8 Å². The molecule has 7 heteroatoms. The van der Waals surface area contributed by atoms with Crippen LogP contribution in [0.25, 0.3) is 11.3 Å². The molecule has 0 spiro atoms. The van der Waals surface area contributed by atoms with Crippen LogP contribution in [-0.4, -0.2) is 34.2 Å². The van der Waals surface area contributed by atoms with E-state index in [-0.39, 0.29) is 6.61 Å². The van der Waals surface area contributed by atoms with Gasteiger partial charge in [-0.25, -0.2) is 14.8 Å². The summed E-state index contributed by atoms with van der Waals surface area (Å²) in [6, 6.07) is 13.5. The quantitative estimate of drug-likeness (QED) is 0.425. The number of benzene rings is 2. The summed E-state index contributed by atoms with van der Waals surface area (Å²) in [6.45, 7) is 7.33. The van der Waals surface area contributed by atoms with Crippen LogP contribution in [0.4, 0.5) is 5.82 Å². The van der Waals surface area contributed by atoms with Gasteiger partial charge in [0.15, 0.2) is 6.61 Å². The molecule has 6 nitrogen and oxygen atoms in total. The van der Waals surface area contributed by atoms with Crippen LogP contribution in [0.3, 0.4) is 0 Å². The zero-order valence-corrected chi connectivity index (χ0v) is 19.4. The Labute approximate surface area is 193 Å². The first-order chi connectivity index (χ1) is 15.4. The molecule has 0 atom stereocenters. The van der Waals surface area contributed by atoms with Crippen molar-refractivity contribution in [2.75, 3.05) is 18.1 Å². The molecule has 0 unspecified atom stereocenters. The Bertz CT molecular complexity index is 1070. The summed E-state index contributed by atoms with van der Waals surface area (Å²) >= 11 is 6.05. The average Bonchev–Trinajstić information content (AvgIpc) is 2.77. The number of aryl methyl sites for hydroxylation is 1. The Morgan fingerprint density at radius 3 is 2.53 bits per heavy atom. The molecule has 2 aromatic carbocycles. The Hall–Kier alpha value is -3.12. The van der Waals surface area contributed by atoms with Crippen LogP contribution >= 0.6 is 11.6 Å². The number of nitrogens with zero attached hydrogens (tertiary/aromatic N) is 3. The fourth-order valence-electron chi connectivity index (χ4n) is 3.60. The van der Waals surface area contributed by atoms with E-state index in [1.165, 1.54) is 0 Å². The zero-order chi connectivity index (χ0) is 23.1. The number of ether oxygens (including phenoxy) is 1. The van der Waals surface area contributed by atoms with E-state index >= 15 is 0 Å². The van der Waals surface area contributed by atoms with Crippen molar-refractivity contribution in [3.05, 3.63) is 70.5 Å². The summed E-state index contributed by atoms with van der Waals surface area (Å²) in [7, 11) is 0. The monoisotopic (exact) mass is 453 g/mol. The van der Waals surface area contributed by atoms with E-state index in [0.717, 1.165) is 53.2 Å². The van der Waals surface area contributed by atoms with E-state index in [4.69, 9.17) is 21.4 Å². The van der Waals surface area contributed by atoms with Gasteiger partial charge in [0, 0.05) is 29.2 Å². The second-order valence-electron chi connectivity index (χ2n) is 7.74. The lowest BCUT2D eigenvalue weighted by Gasteiger charge is -2.26. The number of carboxylic acids is 1. The predicted molar refractivity (Wildman–Crippen MR) is 127 cm³/mol. The van der Waals surface area contributed by atoms with Crippen LogP contribution in [0.5, 0.6) is 5.75 Å². The van der Waals surface area contributed by atoms with E-state index in [1.54, 1.807) is 6.33 Å². The largest absolute Gasteiger partial charge is 0.482 e. The number of carbonyl (C=O) groups is 1. The number of hydrogen-bond acceptors (Lipinski definition) is 5. The molecule has 3 rings (SSSR count). The van der Waals surface area contributed by atoms with Crippen molar-refractivity contribution >= 4 is 23.4 Å². The lowest BCUT2D eigenvalue weighted by Crippen LogP contribution is -2.26. The molecular formula is C25H28ClN3O3. The summed E-state index contributed by atoms with van der Waals surface area (Å²) in [5.41, 5.74) is 4.92. The standard InChI is InChI=1S/C25H28ClN3O3/c1-4-5-12-29(14-19-6-11-22(17(2)13-19)32-15-23(30)31)25-18(3)24(27-16-28-25)20-7-9-21(26)10-8-20/h6-11,13,16H,4-5,12,14-15H2,1-3H3,(H,30,31). The molecule has 0 amide bonds. The number of unbranched alkanes of at least 4 members (excludes halogenated alkanes) is 1. The first-order valence-corrected chi connectivity index (χ1v) is 11.0. The molecule has 1 N–H and O–H groups in total. The van der Waals surface area contributed by atoms with Crippen molar-refractivity contribution in [2.24, 2.45) is 0 Å². The lowest BCUT2D eigenvalue weighted by atomic mass is 10.1. The van der Waals surface area contributed by atoms with E-state index in [2.05, 4.69) is 21.8 Å². The van der Waals surface area contributed by atoms with Crippen LogP contribution in [-0.2, 0) is 11.3 Å². The Kier molecular flexibility index (Phi) is 8.06. The van der Waals surface area contributed by atoms with Gasteiger partial charge >= 0.3 is 5.97 Å². The predicted octanol–water partition coefficient (Wildman–Crippen LogP) is 5.68. The maximum Gasteiger partial charge on any atom is 0.341 e. The molecule has 0 aliphatic carbocycles. The molecule has 168 valence electrons. The topological polar surface area (TPSA) is 75.5 Å². The maximum absolute atomic E-state index is 10.8. The molecule has 3 aromatic rings. The fourth-order valence-corrected chi connectivity index (χ4v) is 3.72. The van der Waals surface area contributed by atoms with Gasteiger partial charge in [-0.15, -0.1) is 0 Å². The van der Waals surface area contributed by atoms with Gasteiger partial charge < -0.3 is 14.7 Å². The second kappa shape index (κ2) is 11.0. The van der Waals surface area contributed by atoms with Gasteiger partial charge in [-0.1, -0.05) is 49.2 Å². The molecule has 0 aliphatic heterocycles. The summed E-state index contributed by atoms with van der Waals surface area (Å²) < 4.78 is 5.36. The van der Waals surface area contributed by atoms with Crippen molar-refractivity contribution in [1.82, 2.24) is 9.97 Å². The smallest absolute Gasteiger partial charge is 0.341 e. The van der Waals surface area contributed by atoms with Gasteiger partial charge in [0.25, 0.3) is 0 Å². The van der Waals surface area contributed by atoms with Gasteiger partial charge in [0.2, 0.25) is 0 Å². The van der Waals surface area contributed by atoms with Gasteiger partial charge in [0.1, 0.15) is 17.9 Å². The van der Waals surface area contributed by atoms with E-state index < -0.39 is 5.97 Å². The summed E-state index contributed by atoms with van der Waals surface area (Å²) in [6.07, 6.45) is 3.73. The molecule has 0 fully saturated rings. The molecule has 0 radical (unpaired) electrons. The summed E-state index contributed by atoms with van der Waals surface area (Å²) in [4.78, 5) is 22.2. The van der Waals surface area contributed by atoms with Gasteiger partial charge in [-0.3, -0.25) is 0 Å². The number of carboxylic acid groups (broad SMARTS) is 1. The normalized spacial score (nSPS) is 10.8. The number of rotatable bonds is 10. The van der Waals surface area contributed by atoms with Crippen LogP contribution in [0, 0.1) is 13.8 Å². The van der Waals surface area contributed by atoms with Crippen molar-refractivity contribution in [1.29, 1.82) is 0 Å². The summed E-state index contributed by atoms with van der Waals surface area (Å²) in [5, 5.41) is 9.53. The van der Waals surface area contributed by atoms with Crippen molar-refractivity contribution < 1.29 is 14.6 Å². The molecule has 0 bridgehead atoms. The van der Waals surface area contributed by atoms with Crippen molar-refractivity contribution in [2.45, 2.75) is 40.2 Å². The first-order valence-electron chi connectivity index (χ1n) is 10.7. The highest BCUT2D eigenvalue weighted by Crippen LogP contribution is 2.29.